The molecule has 0 heterocycles. The van der Waals surface area contributed by atoms with E-state index in [1.165, 1.54) is 32.1 Å². The van der Waals surface area contributed by atoms with Crippen LogP contribution in [0.3, 0.4) is 0 Å². The summed E-state index contributed by atoms with van der Waals surface area (Å²) in [5, 5.41) is 0. The molecule has 0 aromatic carbocycles. The second-order valence-corrected chi connectivity index (χ2v) is 9.31. The molecular weight excluding hydrogens is 340 g/mol. The van der Waals surface area contributed by atoms with Crippen molar-refractivity contribution in [2.75, 3.05) is 11.5 Å². The van der Waals surface area contributed by atoms with Gasteiger partial charge in [0.1, 0.15) is 0 Å². The molecule has 0 unspecified atom stereocenters. The Morgan fingerprint density at radius 2 is 0.565 bits per heavy atom. The first-order valence-electron chi connectivity index (χ1n) is 8.61. The van der Waals surface area contributed by atoms with Gasteiger partial charge in [-0.1, -0.05) is 70.6 Å². The maximum Gasteiger partial charge on any atom is 0.264 e. The summed E-state index contributed by atoms with van der Waals surface area (Å²) in [7, 11) is -7.58. The van der Waals surface area contributed by atoms with Crippen LogP contribution in [-0.4, -0.2) is 37.4 Å². The largest absolute Gasteiger partial charge is 0.286 e. The van der Waals surface area contributed by atoms with Crippen LogP contribution in [0.25, 0.3) is 0 Å². The van der Waals surface area contributed by atoms with Gasteiger partial charge in [0.05, 0.1) is 11.5 Å². The zero-order valence-electron chi connectivity index (χ0n) is 14.0. The van der Waals surface area contributed by atoms with Gasteiger partial charge in [0.25, 0.3) is 20.2 Å². The molecule has 0 aliphatic heterocycles. The summed E-state index contributed by atoms with van der Waals surface area (Å²) >= 11 is 0. The van der Waals surface area contributed by atoms with Crippen LogP contribution < -0.4 is 0 Å². The molecule has 140 valence electrons. The van der Waals surface area contributed by atoms with Crippen LogP contribution >= 0.6 is 0 Å². The SMILES string of the molecule is O=S(=O)(O)CCCCCCCCCCCCCCCS(=O)(=O)O. The Labute approximate surface area is 141 Å². The van der Waals surface area contributed by atoms with Crippen LogP contribution in [-0.2, 0) is 20.2 Å². The van der Waals surface area contributed by atoms with E-state index < -0.39 is 20.2 Å². The molecule has 0 radical (unpaired) electrons. The summed E-state index contributed by atoms with van der Waals surface area (Å²) in [6.45, 7) is 0. The normalized spacial score (nSPS) is 12.6. The molecule has 0 spiro atoms. The zero-order valence-corrected chi connectivity index (χ0v) is 15.6. The third-order valence-corrected chi connectivity index (χ3v) is 5.41. The predicted molar refractivity (Wildman–Crippen MR) is 92.9 cm³/mol. The lowest BCUT2D eigenvalue weighted by atomic mass is 10.0. The van der Waals surface area contributed by atoms with Crippen molar-refractivity contribution in [3.63, 3.8) is 0 Å². The van der Waals surface area contributed by atoms with Gasteiger partial charge < -0.3 is 0 Å². The van der Waals surface area contributed by atoms with Crippen LogP contribution in [0.15, 0.2) is 0 Å². The highest BCUT2D eigenvalue weighted by molar-refractivity contribution is 7.86. The van der Waals surface area contributed by atoms with Gasteiger partial charge in [-0.2, -0.15) is 16.8 Å². The van der Waals surface area contributed by atoms with E-state index >= 15 is 0 Å². The Bertz CT molecular complexity index is 426. The monoisotopic (exact) mass is 372 g/mol. The minimum atomic E-state index is -3.79. The molecule has 0 aromatic heterocycles. The van der Waals surface area contributed by atoms with Crippen molar-refractivity contribution in [1.29, 1.82) is 0 Å². The fourth-order valence-corrected chi connectivity index (χ4v) is 3.65. The van der Waals surface area contributed by atoms with Crippen LogP contribution in [0.4, 0.5) is 0 Å². The van der Waals surface area contributed by atoms with Crippen molar-refractivity contribution in [3.8, 4) is 0 Å². The summed E-state index contributed by atoms with van der Waals surface area (Å²) in [5.74, 6) is -0.255. The average molecular weight is 373 g/mol. The van der Waals surface area contributed by atoms with Crippen molar-refractivity contribution in [2.24, 2.45) is 0 Å². The summed E-state index contributed by atoms with van der Waals surface area (Å²) in [4.78, 5) is 0. The first kappa shape index (κ1) is 22.8. The molecule has 2 N–H and O–H groups in total. The first-order chi connectivity index (χ1) is 10.7. The zero-order chi connectivity index (χ0) is 17.6. The molecule has 0 aromatic rings. The Kier molecular flexibility index (Phi) is 13.0. The summed E-state index contributed by atoms with van der Waals surface area (Å²) in [6.07, 6.45) is 13.0. The van der Waals surface area contributed by atoms with Crippen molar-refractivity contribution in [1.82, 2.24) is 0 Å². The molecule has 23 heavy (non-hydrogen) atoms. The Morgan fingerprint density at radius 1 is 0.391 bits per heavy atom. The Hall–Kier alpha value is -0.180. The van der Waals surface area contributed by atoms with Crippen LogP contribution in [0, 0.1) is 0 Å². The highest BCUT2D eigenvalue weighted by atomic mass is 32.2. The minimum Gasteiger partial charge on any atom is -0.286 e. The van der Waals surface area contributed by atoms with E-state index in [9.17, 15) is 16.8 Å². The van der Waals surface area contributed by atoms with E-state index in [-0.39, 0.29) is 11.5 Å². The molecule has 0 bridgehead atoms. The van der Waals surface area contributed by atoms with Gasteiger partial charge in [-0.05, 0) is 12.8 Å². The molecule has 6 nitrogen and oxygen atoms in total. The summed E-state index contributed by atoms with van der Waals surface area (Å²) in [5.41, 5.74) is 0. The van der Waals surface area contributed by atoms with Gasteiger partial charge >= 0.3 is 0 Å². The van der Waals surface area contributed by atoms with E-state index in [2.05, 4.69) is 0 Å². The third-order valence-electron chi connectivity index (χ3n) is 3.80. The second-order valence-electron chi connectivity index (χ2n) is 6.17. The fourth-order valence-electron chi connectivity index (χ4n) is 2.51. The van der Waals surface area contributed by atoms with E-state index in [4.69, 9.17) is 9.11 Å². The van der Waals surface area contributed by atoms with Crippen molar-refractivity contribution in [2.45, 2.75) is 83.5 Å². The van der Waals surface area contributed by atoms with E-state index in [0.717, 1.165) is 38.5 Å². The molecule has 0 saturated heterocycles. The molecule has 0 aliphatic carbocycles. The van der Waals surface area contributed by atoms with Crippen LogP contribution in [0.2, 0.25) is 0 Å². The van der Waals surface area contributed by atoms with Crippen LogP contribution in [0.1, 0.15) is 83.5 Å². The molecule has 0 fully saturated rings. The van der Waals surface area contributed by atoms with Crippen molar-refractivity contribution < 1.29 is 25.9 Å². The molecule has 0 aliphatic rings. The summed E-state index contributed by atoms with van der Waals surface area (Å²) < 4.78 is 59.2. The lowest BCUT2D eigenvalue weighted by molar-refractivity contribution is 0.476. The smallest absolute Gasteiger partial charge is 0.264 e. The van der Waals surface area contributed by atoms with Gasteiger partial charge in [0.15, 0.2) is 0 Å². The molecule has 0 amide bonds. The highest BCUT2D eigenvalue weighted by Crippen LogP contribution is 2.12. The minimum absolute atomic E-state index is 0.128. The van der Waals surface area contributed by atoms with E-state index in [1.54, 1.807) is 0 Å². The third kappa shape index (κ3) is 21.8. The number of rotatable bonds is 16. The van der Waals surface area contributed by atoms with Gasteiger partial charge in [-0.15, -0.1) is 0 Å². The van der Waals surface area contributed by atoms with Crippen LogP contribution in [0.5, 0.6) is 0 Å². The Morgan fingerprint density at radius 3 is 0.739 bits per heavy atom. The number of hydrogen-bond donors (Lipinski definition) is 2. The summed E-state index contributed by atoms with van der Waals surface area (Å²) in [6, 6.07) is 0. The number of unbranched alkanes of at least 4 members (excludes halogenated alkanes) is 12. The topological polar surface area (TPSA) is 109 Å². The van der Waals surface area contributed by atoms with E-state index in [0.29, 0.717) is 12.8 Å². The quantitative estimate of drug-likeness (QED) is 0.315. The Balaban J connectivity index is 3.14. The molecule has 0 atom stereocenters. The van der Waals surface area contributed by atoms with E-state index in [1.807, 2.05) is 0 Å². The molecule has 0 saturated carbocycles. The second kappa shape index (κ2) is 13.1. The lowest BCUT2D eigenvalue weighted by Crippen LogP contribution is -2.03. The van der Waals surface area contributed by atoms with Gasteiger partial charge in [0, 0.05) is 0 Å². The predicted octanol–water partition coefficient (Wildman–Crippen LogP) is 3.83. The number of hydrogen-bond acceptors (Lipinski definition) is 4. The van der Waals surface area contributed by atoms with Crippen molar-refractivity contribution >= 4 is 20.2 Å². The average Bonchev–Trinajstić information content (AvgIpc) is 2.40. The lowest BCUT2D eigenvalue weighted by Gasteiger charge is -2.03. The standard InChI is InChI=1S/C15H32O6S2/c16-22(17,18)14-12-10-8-6-4-2-1-3-5-7-9-11-13-15-23(19,20)21/h1-15H2,(H,16,17,18)(H,19,20,21). The van der Waals surface area contributed by atoms with Gasteiger partial charge in [-0.25, -0.2) is 0 Å². The maximum atomic E-state index is 10.5. The van der Waals surface area contributed by atoms with Gasteiger partial charge in [-0.3, -0.25) is 9.11 Å². The molecule has 8 heteroatoms. The first-order valence-corrected chi connectivity index (χ1v) is 11.8. The maximum absolute atomic E-state index is 10.5. The fraction of sp³-hybridized carbons (Fsp3) is 1.00. The van der Waals surface area contributed by atoms with Crippen molar-refractivity contribution in [3.05, 3.63) is 0 Å². The highest BCUT2D eigenvalue weighted by Gasteiger charge is 2.03. The molecular formula is C15H32O6S2. The van der Waals surface area contributed by atoms with Gasteiger partial charge in [0.2, 0.25) is 0 Å². The molecule has 0 rings (SSSR count).